The SMILES string of the molecule is CC(C)COc1ccc(C(=O)NC(=S)N2CCc3ccccc32)cc1. The van der Waals surface area contributed by atoms with E-state index in [2.05, 4.69) is 25.2 Å². The van der Waals surface area contributed by atoms with Crippen LogP contribution in [0.15, 0.2) is 48.5 Å². The summed E-state index contributed by atoms with van der Waals surface area (Å²) in [5.74, 6) is 1.02. The molecule has 0 saturated carbocycles. The van der Waals surface area contributed by atoms with Gasteiger partial charge in [0, 0.05) is 17.8 Å². The van der Waals surface area contributed by atoms with Crippen LogP contribution in [0.25, 0.3) is 0 Å². The molecule has 0 atom stereocenters. The third-order valence-corrected chi connectivity index (χ3v) is 4.38. The number of carbonyl (C=O) groups is 1. The highest BCUT2D eigenvalue weighted by Gasteiger charge is 2.23. The van der Waals surface area contributed by atoms with Gasteiger partial charge < -0.3 is 9.64 Å². The van der Waals surface area contributed by atoms with Crippen LogP contribution in [-0.4, -0.2) is 24.2 Å². The van der Waals surface area contributed by atoms with Crippen molar-refractivity contribution in [3.63, 3.8) is 0 Å². The molecule has 5 heteroatoms. The van der Waals surface area contributed by atoms with E-state index in [1.54, 1.807) is 12.1 Å². The number of benzene rings is 2. The minimum Gasteiger partial charge on any atom is -0.493 e. The zero-order valence-corrected chi connectivity index (χ0v) is 15.3. The van der Waals surface area contributed by atoms with Gasteiger partial charge in [-0.1, -0.05) is 32.0 Å². The number of para-hydroxylation sites is 1. The van der Waals surface area contributed by atoms with Crippen LogP contribution in [0.4, 0.5) is 5.69 Å². The van der Waals surface area contributed by atoms with Crippen molar-refractivity contribution < 1.29 is 9.53 Å². The zero-order valence-electron chi connectivity index (χ0n) is 14.5. The minimum atomic E-state index is -0.204. The zero-order chi connectivity index (χ0) is 17.8. The second kappa shape index (κ2) is 7.66. The molecule has 25 heavy (non-hydrogen) atoms. The van der Waals surface area contributed by atoms with Crippen LogP contribution in [0.1, 0.15) is 29.8 Å². The molecule has 4 nitrogen and oxygen atoms in total. The fourth-order valence-electron chi connectivity index (χ4n) is 2.75. The number of hydrogen-bond donors (Lipinski definition) is 1. The summed E-state index contributed by atoms with van der Waals surface area (Å²) in [6, 6.07) is 15.3. The van der Waals surface area contributed by atoms with E-state index in [1.807, 2.05) is 35.2 Å². The normalized spacial score (nSPS) is 12.8. The summed E-state index contributed by atoms with van der Waals surface area (Å²) < 4.78 is 5.64. The van der Waals surface area contributed by atoms with Crippen molar-refractivity contribution in [3.8, 4) is 5.75 Å². The second-order valence-electron chi connectivity index (χ2n) is 6.52. The third-order valence-electron chi connectivity index (χ3n) is 4.05. The number of amides is 1. The third kappa shape index (κ3) is 4.17. The van der Waals surface area contributed by atoms with Crippen LogP contribution >= 0.6 is 12.2 Å². The summed E-state index contributed by atoms with van der Waals surface area (Å²) in [4.78, 5) is 14.4. The number of ether oxygens (including phenoxy) is 1. The molecule has 1 aliphatic heterocycles. The molecule has 1 heterocycles. The number of carbonyl (C=O) groups excluding carboxylic acids is 1. The highest BCUT2D eigenvalue weighted by atomic mass is 32.1. The number of nitrogens with zero attached hydrogens (tertiary/aromatic N) is 1. The Bertz CT molecular complexity index is 772. The lowest BCUT2D eigenvalue weighted by Crippen LogP contribution is -2.41. The Hall–Kier alpha value is -2.40. The average molecular weight is 354 g/mol. The van der Waals surface area contributed by atoms with E-state index in [0.29, 0.717) is 23.2 Å². The van der Waals surface area contributed by atoms with Gasteiger partial charge in [-0.25, -0.2) is 0 Å². The Morgan fingerprint density at radius 2 is 1.92 bits per heavy atom. The summed E-state index contributed by atoms with van der Waals surface area (Å²) in [6.45, 7) is 5.64. The first-order valence-electron chi connectivity index (χ1n) is 8.48. The molecule has 0 bridgehead atoms. The fourth-order valence-corrected chi connectivity index (χ4v) is 3.03. The summed E-state index contributed by atoms with van der Waals surface area (Å²) in [5, 5.41) is 3.27. The van der Waals surface area contributed by atoms with Crippen molar-refractivity contribution in [2.75, 3.05) is 18.1 Å². The predicted molar refractivity (Wildman–Crippen MR) is 104 cm³/mol. The van der Waals surface area contributed by atoms with E-state index in [0.717, 1.165) is 24.4 Å². The molecule has 1 amide bonds. The van der Waals surface area contributed by atoms with E-state index in [4.69, 9.17) is 17.0 Å². The molecule has 0 radical (unpaired) electrons. The summed E-state index contributed by atoms with van der Waals surface area (Å²) in [7, 11) is 0. The molecule has 3 rings (SSSR count). The molecular formula is C20H22N2O2S. The first-order valence-corrected chi connectivity index (χ1v) is 8.89. The molecule has 1 N–H and O–H groups in total. The van der Waals surface area contributed by atoms with Crippen LogP contribution in [0.5, 0.6) is 5.75 Å². The van der Waals surface area contributed by atoms with E-state index < -0.39 is 0 Å². The smallest absolute Gasteiger partial charge is 0.257 e. The molecule has 130 valence electrons. The Kier molecular flexibility index (Phi) is 5.34. The maximum absolute atomic E-state index is 12.4. The van der Waals surface area contributed by atoms with Crippen molar-refractivity contribution in [3.05, 3.63) is 59.7 Å². The predicted octanol–water partition coefficient (Wildman–Crippen LogP) is 3.80. The van der Waals surface area contributed by atoms with Gasteiger partial charge >= 0.3 is 0 Å². The lowest BCUT2D eigenvalue weighted by Gasteiger charge is -2.20. The Morgan fingerprint density at radius 3 is 2.64 bits per heavy atom. The molecule has 0 spiro atoms. The monoisotopic (exact) mass is 354 g/mol. The number of fused-ring (bicyclic) bond motifs is 1. The van der Waals surface area contributed by atoms with Crippen molar-refractivity contribution >= 4 is 28.9 Å². The van der Waals surface area contributed by atoms with E-state index in [1.165, 1.54) is 5.56 Å². The first-order chi connectivity index (χ1) is 12.0. The lowest BCUT2D eigenvalue weighted by molar-refractivity contribution is 0.0977. The van der Waals surface area contributed by atoms with E-state index in [9.17, 15) is 4.79 Å². The number of anilines is 1. The molecule has 0 aromatic heterocycles. The molecular weight excluding hydrogens is 332 g/mol. The Balaban J connectivity index is 1.61. The van der Waals surface area contributed by atoms with Gasteiger partial charge in [0.25, 0.3) is 5.91 Å². The molecule has 2 aromatic rings. The molecule has 1 aliphatic rings. The van der Waals surface area contributed by atoms with Crippen molar-refractivity contribution in [1.29, 1.82) is 0 Å². The average Bonchev–Trinajstić information content (AvgIpc) is 3.04. The number of rotatable bonds is 4. The van der Waals surface area contributed by atoms with Crippen molar-refractivity contribution in [2.45, 2.75) is 20.3 Å². The number of nitrogens with one attached hydrogen (secondary N) is 1. The largest absolute Gasteiger partial charge is 0.493 e. The lowest BCUT2D eigenvalue weighted by atomic mass is 10.2. The van der Waals surface area contributed by atoms with Gasteiger partial charge in [0.15, 0.2) is 5.11 Å². The molecule has 2 aromatic carbocycles. The first kappa shape index (κ1) is 17.4. The molecule has 0 fully saturated rings. The Morgan fingerprint density at radius 1 is 1.20 bits per heavy atom. The van der Waals surface area contributed by atoms with Gasteiger partial charge in [0.2, 0.25) is 0 Å². The van der Waals surface area contributed by atoms with Crippen LogP contribution in [0.3, 0.4) is 0 Å². The maximum Gasteiger partial charge on any atom is 0.257 e. The van der Waals surface area contributed by atoms with Crippen LogP contribution in [-0.2, 0) is 6.42 Å². The number of hydrogen-bond acceptors (Lipinski definition) is 3. The highest BCUT2D eigenvalue weighted by molar-refractivity contribution is 7.80. The minimum absolute atomic E-state index is 0.204. The van der Waals surface area contributed by atoms with Crippen LogP contribution in [0, 0.1) is 5.92 Å². The quantitative estimate of drug-likeness (QED) is 0.848. The topological polar surface area (TPSA) is 41.6 Å². The van der Waals surface area contributed by atoms with E-state index >= 15 is 0 Å². The van der Waals surface area contributed by atoms with Gasteiger partial charge in [-0.2, -0.15) is 0 Å². The number of thiocarbonyl (C=S) groups is 1. The highest BCUT2D eigenvalue weighted by Crippen LogP contribution is 2.27. The van der Waals surface area contributed by atoms with Gasteiger partial charge in [-0.05, 0) is 60.5 Å². The van der Waals surface area contributed by atoms with Crippen LogP contribution < -0.4 is 15.0 Å². The Labute approximate surface area is 153 Å². The van der Waals surface area contributed by atoms with Crippen LogP contribution in [0.2, 0.25) is 0 Å². The second-order valence-corrected chi connectivity index (χ2v) is 6.91. The van der Waals surface area contributed by atoms with Gasteiger partial charge in [0.05, 0.1) is 6.61 Å². The standard InChI is InChI=1S/C20H22N2O2S/c1-14(2)13-24-17-9-7-16(8-10-17)19(23)21-20(25)22-12-11-15-5-3-4-6-18(15)22/h3-10,14H,11-13H2,1-2H3,(H,21,23,25). The van der Waals surface area contributed by atoms with Gasteiger partial charge in [-0.3, -0.25) is 10.1 Å². The molecule has 0 unspecified atom stereocenters. The molecule has 0 aliphatic carbocycles. The van der Waals surface area contributed by atoms with Gasteiger partial charge in [-0.15, -0.1) is 0 Å². The van der Waals surface area contributed by atoms with Gasteiger partial charge in [0.1, 0.15) is 5.75 Å². The van der Waals surface area contributed by atoms with Crippen molar-refractivity contribution in [1.82, 2.24) is 5.32 Å². The summed E-state index contributed by atoms with van der Waals surface area (Å²) >= 11 is 5.43. The molecule has 0 saturated heterocycles. The fraction of sp³-hybridized carbons (Fsp3) is 0.300. The van der Waals surface area contributed by atoms with Crippen molar-refractivity contribution in [2.24, 2.45) is 5.92 Å². The summed E-state index contributed by atoms with van der Waals surface area (Å²) in [5.41, 5.74) is 2.89. The summed E-state index contributed by atoms with van der Waals surface area (Å²) in [6.07, 6.45) is 0.939. The van der Waals surface area contributed by atoms with E-state index in [-0.39, 0.29) is 5.91 Å². The maximum atomic E-state index is 12.4.